The highest BCUT2D eigenvalue weighted by Gasteiger charge is 2.23. The quantitative estimate of drug-likeness (QED) is 0.803. The van der Waals surface area contributed by atoms with Crippen molar-refractivity contribution < 1.29 is 4.39 Å². The number of hydrogen-bond donors (Lipinski definition) is 1. The Hall–Kier alpha value is -2.20. The number of rotatable bonds is 3. The monoisotopic (exact) mass is 309 g/mol. The van der Waals surface area contributed by atoms with Crippen LogP contribution < -0.4 is 5.32 Å². The molecule has 0 aliphatic carbocycles. The number of benzene rings is 1. The summed E-state index contributed by atoms with van der Waals surface area (Å²) >= 11 is 0. The average molecular weight is 309 g/mol. The third-order valence-corrected chi connectivity index (χ3v) is 4.69. The molecular weight excluding hydrogens is 289 g/mol. The molecule has 1 aromatic carbocycles. The zero-order valence-corrected chi connectivity index (χ0v) is 13.2. The summed E-state index contributed by atoms with van der Waals surface area (Å²) in [5.41, 5.74) is 4.81. The molecule has 4 rings (SSSR count). The van der Waals surface area contributed by atoms with Crippen LogP contribution in [-0.4, -0.2) is 15.6 Å². The zero-order chi connectivity index (χ0) is 15.8. The summed E-state index contributed by atoms with van der Waals surface area (Å²) in [5, 5.41) is 4.53. The Labute approximate surface area is 135 Å². The summed E-state index contributed by atoms with van der Waals surface area (Å²) in [7, 11) is 0. The molecule has 3 heterocycles. The maximum atomic E-state index is 13.7. The lowest BCUT2D eigenvalue weighted by Crippen LogP contribution is -2.33. The first-order valence-corrected chi connectivity index (χ1v) is 8.15. The van der Waals surface area contributed by atoms with E-state index in [1.165, 1.54) is 11.3 Å². The van der Waals surface area contributed by atoms with Crippen LogP contribution in [0.4, 0.5) is 4.39 Å². The highest BCUT2D eigenvalue weighted by molar-refractivity contribution is 5.86. The standard InChI is InChI=1S/C19H20FN3/c1-13-10-19-17(12-22-13)16-11-14(20)5-6-18(16)23(19)9-7-15-4-2-3-8-21-15/h2-6,8,11,13,22H,7,9-10,12H2,1H3. The predicted octanol–water partition coefficient (Wildman–Crippen LogP) is 3.45. The van der Waals surface area contributed by atoms with Crippen LogP contribution in [-0.2, 0) is 25.9 Å². The Balaban J connectivity index is 1.77. The second-order valence-corrected chi connectivity index (χ2v) is 6.30. The molecule has 4 heteroatoms. The molecule has 3 nitrogen and oxygen atoms in total. The lowest BCUT2D eigenvalue weighted by atomic mass is 10.0. The van der Waals surface area contributed by atoms with Gasteiger partial charge in [0.05, 0.1) is 0 Å². The molecular formula is C19H20FN3. The fourth-order valence-electron chi connectivity index (χ4n) is 3.55. The van der Waals surface area contributed by atoms with Crippen LogP contribution in [0.15, 0.2) is 42.6 Å². The van der Waals surface area contributed by atoms with Gasteiger partial charge in [0.15, 0.2) is 0 Å². The molecule has 118 valence electrons. The van der Waals surface area contributed by atoms with Crippen molar-refractivity contribution in [3.05, 3.63) is 65.4 Å². The molecule has 1 aliphatic heterocycles. The van der Waals surface area contributed by atoms with E-state index in [9.17, 15) is 4.39 Å². The number of aromatic nitrogens is 2. The first-order chi connectivity index (χ1) is 11.2. The van der Waals surface area contributed by atoms with E-state index in [0.717, 1.165) is 42.5 Å². The van der Waals surface area contributed by atoms with Crippen molar-refractivity contribution in [1.29, 1.82) is 0 Å². The van der Waals surface area contributed by atoms with Gasteiger partial charge in [-0.25, -0.2) is 4.39 Å². The summed E-state index contributed by atoms with van der Waals surface area (Å²) < 4.78 is 16.1. The van der Waals surface area contributed by atoms with Gasteiger partial charge in [-0.3, -0.25) is 4.98 Å². The van der Waals surface area contributed by atoms with Crippen molar-refractivity contribution in [3.8, 4) is 0 Å². The topological polar surface area (TPSA) is 29.9 Å². The lowest BCUT2D eigenvalue weighted by Gasteiger charge is -2.22. The molecule has 0 amide bonds. The van der Waals surface area contributed by atoms with Crippen LogP contribution in [0.5, 0.6) is 0 Å². The van der Waals surface area contributed by atoms with E-state index in [0.29, 0.717) is 6.04 Å². The van der Waals surface area contributed by atoms with Gasteiger partial charge in [0.2, 0.25) is 0 Å². The van der Waals surface area contributed by atoms with Crippen molar-refractivity contribution in [2.75, 3.05) is 0 Å². The minimum atomic E-state index is -0.166. The molecule has 0 fully saturated rings. The van der Waals surface area contributed by atoms with Gasteiger partial charge in [0.1, 0.15) is 5.82 Å². The number of pyridine rings is 1. The Kier molecular flexibility index (Phi) is 3.62. The molecule has 0 saturated carbocycles. The van der Waals surface area contributed by atoms with Crippen LogP contribution in [0.3, 0.4) is 0 Å². The largest absolute Gasteiger partial charge is 0.344 e. The minimum absolute atomic E-state index is 0.166. The minimum Gasteiger partial charge on any atom is -0.344 e. The van der Waals surface area contributed by atoms with Crippen molar-refractivity contribution in [3.63, 3.8) is 0 Å². The Bertz CT molecular complexity index is 839. The molecule has 23 heavy (non-hydrogen) atoms. The number of aryl methyl sites for hydroxylation is 2. The van der Waals surface area contributed by atoms with Gasteiger partial charge in [0.25, 0.3) is 0 Å². The van der Waals surface area contributed by atoms with Crippen molar-refractivity contribution in [1.82, 2.24) is 14.9 Å². The number of nitrogens with one attached hydrogen (secondary N) is 1. The fourth-order valence-corrected chi connectivity index (χ4v) is 3.55. The third-order valence-electron chi connectivity index (χ3n) is 4.69. The van der Waals surface area contributed by atoms with Gasteiger partial charge in [0, 0.05) is 60.5 Å². The highest BCUT2D eigenvalue weighted by atomic mass is 19.1. The molecule has 1 N–H and O–H groups in total. The Morgan fingerprint density at radius 2 is 2.22 bits per heavy atom. The number of nitrogens with zero attached hydrogens (tertiary/aromatic N) is 2. The average Bonchev–Trinajstić information content (AvgIpc) is 2.86. The predicted molar refractivity (Wildman–Crippen MR) is 89.8 cm³/mol. The maximum absolute atomic E-state index is 13.7. The fraction of sp³-hybridized carbons (Fsp3) is 0.316. The smallest absolute Gasteiger partial charge is 0.123 e. The summed E-state index contributed by atoms with van der Waals surface area (Å²) in [4.78, 5) is 4.41. The summed E-state index contributed by atoms with van der Waals surface area (Å²) in [6.45, 7) is 3.89. The SMILES string of the molecule is CC1Cc2c(c3cc(F)ccc3n2CCc2ccccn2)CN1. The second kappa shape index (κ2) is 5.78. The van der Waals surface area contributed by atoms with Gasteiger partial charge in [-0.05, 0) is 42.8 Å². The number of hydrogen-bond acceptors (Lipinski definition) is 2. The number of fused-ring (bicyclic) bond motifs is 3. The molecule has 1 unspecified atom stereocenters. The van der Waals surface area contributed by atoms with E-state index >= 15 is 0 Å². The summed E-state index contributed by atoms with van der Waals surface area (Å²) in [6.07, 6.45) is 3.70. The molecule has 0 radical (unpaired) electrons. The molecule has 0 bridgehead atoms. The van der Waals surface area contributed by atoms with Crippen LogP contribution in [0.1, 0.15) is 23.9 Å². The Morgan fingerprint density at radius 3 is 3.04 bits per heavy atom. The molecule has 1 atom stereocenters. The number of halogens is 1. The Morgan fingerprint density at radius 1 is 1.30 bits per heavy atom. The van der Waals surface area contributed by atoms with E-state index in [2.05, 4.69) is 27.9 Å². The summed E-state index contributed by atoms with van der Waals surface area (Å²) in [6, 6.07) is 11.6. The molecule has 3 aromatic rings. The van der Waals surface area contributed by atoms with Gasteiger partial charge >= 0.3 is 0 Å². The zero-order valence-electron chi connectivity index (χ0n) is 13.2. The van der Waals surface area contributed by atoms with Crippen molar-refractivity contribution in [2.24, 2.45) is 0 Å². The van der Waals surface area contributed by atoms with Gasteiger partial charge < -0.3 is 9.88 Å². The first-order valence-electron chi connectivity index (χ1n) is 8.15. The third kappa shape index (κ3) is 2.63. The summed E-state index contributed by atoms with van der Waals surface area (Å²) in [5.74, 6) is -0.166. The molecule has 0 saturated heterocycles. The maximum Gasteiger partial charge on any atom is 0.123 e. The van der Waals surface area contributed by atoms with Crippen LogP contribution in [0, 0.1) is 5.82 Å². The van der Waals surface area contributed by atoms with Gasteiger partial charge in [-0.2, -0.15) is 0 Å². The van der Waals surface area contributed by atoms with E-state index in [1.54, 1.807) is 12.1 Å². The van der Waals surface area contributed by atoms with Crippen LogP contribution in [0.2, 0.25) is 0 Å². The highest BCUT2D eigenvalue weighted by Crippen LogP contribution is 2.30. The van der Waals surface area contributed by atoms with Crippen molar-refractivity contribution in [2.45, 2.75) is 38.9 Å². The molecule has 0 spiro atoms. The second-order valence-electron chi connectivity index (χ2n) is 6.30. The van der Waals surface area contributed by atoms with E-state index < -0.39 is 0 Å². The molecule has 1 aliphatic rings. The van der Waals surface area contributed by atoms with E-state index in [-0.39, 0.29) is 5.82 Å². The van der Waals surface area contributed by atoms with Crippen LogP contribution >= 0.6 is 0 Å². The lowest BCUT2D eigenvalue weighted by molar-refractivity contribution is 0.492. The van der Waals surface area contributed by atoms with Gasteiger partial charge in [-0.1, -0.05) is 6.07 Å². The first kappa shape index (κ1) is 14.4. The molecule has 2 aromatic heterocycles. The normalized spacial score (nSPS) is 17.4. The van der Waals surface area contributed by atoms with E-state index in [1.807, 2.05) is 24.4 Å². The van der Waals surface area contributed by atoms with Gasteiger partial charge in [-0.15, -0.1) is 0 Å². The van der Waals surface area contributed by atoms with Crippen molar-refractivity contribution >= 4 is 10.9 Å². The van der Waals surface area contributed by atoms with E-state index in [4.69, 9.17) is 0 Å². The van der Waals surface area contributed by atoms with Crippen LogP contribution in [0.25, 0.3) is 10.9 Å².